The molecular weight excluding hydrogens is 296 g/mol. The quantitative estimate of drug-likeness (QED) is 0.704. The third-order valence-electron chi connectivity index (χ3n) is 3.72. The number of hydrogen-bond acceptors (Lipinski definition) is 4. The molecule has 0 aliphatic rings. The highest BCUT2D eigenvalue weighted by Gasteiger charge is 2.23. The molecule has 1 unspecified atom stereocenters. The third-order valence-corrected chi connectivity index (χ3v) is 3.72. The van der Waals surface area contributed by atoms with Crippen LogP contribution in [0.25, 0.3) is 22.0 Å². The van der Waals surface area contributed by atoms with Gasteiger partial charge in [0.2, 0.25) is 0 Å². The summed E-state index contributed by atoms with van der Waals surface area (Å²) in [6.45, 7) is 0. The van der Waals surface area contributed by atoms with E-state index in [9.17, 15) is 14.7 Å². The summed E-state index contributed by atoms with van der Waals surface area (Å²) in [4.78, 5) is 25.0. The largest absolute Gasteiger partial charge is 0.481 e. The lowest BCUT2D eigenvalue weighted by molar-refractivity contribution is -0.140. The summed E-state index contributed by atoms with van der Waals surface area (Å²) in [5, 5.41) is 19.0. The number of rotatable bonds is 5. The first-order chi connectivity index (χ1) is 11.1. The van der Waals surface area contributed by atoms with Gasteiger partial charge in [0.05, 0.1) is 17.9 Å². The Kier molecular flexibility index (Phi) is 3.69. The standard InChI is InChI=1S/C17H12N2O4/c18-7-10-1-2-15-13(5-10)14(8-19-15)11-6-16(23-9-11)12(3-4-20)17(21)22/h1-2,4-6,8-9,12,19H,3H2,(H,21,22). The van der Waals surface area contributed by atoms with Gasteiger partial charge in [-0.05, 0) is 24.3 Å². The third kappa shape index (κ3) is 2.60. The molecule has 3 aromatic rings. The van der Waals surface area contributed by atoms with Crippen LogP contribution in [0.5, 0.6) is 0 Å². The van der Waals surface area contributed by atoms with Gasteiger partial charge >= 0.3 is 5.97 Å². The van der Waals surface area contributed by atoms with E-state index < -0.39 is 11.9 Å². The number of hydrogen-bond donors (Lipinski definition) is 2. The number of carbonyl (C=O) groups excluding carboxylic acids is 1. The van der Waals surface area contributed by atoms with Crippen LogP contribution in [0.4, 0.5) is 0 Å². The molecule has 114 valence electrons. The van der Waals surface area contributed by atoms with E-state index in [1.54, 1.807) is 24.4 Å². The predicted octanol–water partition coefficient (Wildman–Crippen LogP) is 3.06. The number of carboxylic acids is 1. The maximum Gasteiger partial charge on any atom is 0.314 e. The molecule has 23 heavy (non-hydrogen) atoms. The molecule has 0 spiro atoms. The Morgan fingerprint density at radius 1 is 1.43 bits per heavy atom. The van der Waals surface area contributed by atoms with E-state index in [1.165, 1.54) is 6.26 Å². The molecule has 0 aliphatic heterocycles. The van der Waals surface area contributed by atoms with Crippen molar-refractivity contribution in [2.24, 2.45) is 0 Å². The summed E-state index contributed by atoms with van der Waals surface area (Å²) in [5.74, 6) is -1.88. The van der Waals surface area contributed by atoms with Gasteiger partial charge in [0, 0.05) is 34.6 Å². The van der Waals surface area contributed by atoms with E-state index in [0.717, 1.165) is 16.5 Å². The number of carbonyl (C=O) groups is 2. The molecule has 1 aromatic carbocycles. The molecule has 0 aliphatic carbocycles. The SMILES string of the molecule is N#Cc1ccc2[nH]cc(-c3coc(C(CC=O)C(=O)O)c3)c2c1. The summed E-state index contributed by atoms with van der Waals surface area (Å²) in [5.41, 5.74) is 2.90. The maximum atomic E-state index is 11.2. The van der Waals surface area contributed by atoms with Crippen LogP contribution in [0.15, 0.2) is 41.1 Å². The molecule has 2 N–H and O–H groups in total. The topological polar surface area (TPSA) is 107 Å². The zero-order valence-corrected chi connectivity index (χ0v) is 11.9. The first-order valence-electron chi connectivity index (χ1n) is 6.90. The molecule has 6 heteroatoms. The molecule has 0 saturated carbocycles. The summed E-state index contributed by atoms with van der Waals surface area (Å²) >= 11 is 0. The summed E-state index contributed by atoms with van der Waals surface area (Å²) < 4.78 is 5.35. The summed E-state index contributed by atoms with van der Waals surface area (Å²) in [7, 11) is 0. The zero-order chi connectivity index (χ0) is 16.4. The van der Waals surface area contributed by atoms with Crippen molar-refractivity contribution < 1.29 is 19.1 Å². The van der Waals surface area contributed by atoms with Crippen molar-refractivity contribution in [3.05, 3.63) is 48.0 Å². The number of furan rings is 1. The fourth-order valence-corrected chi connectivity index (χ4v) is 2.54. The van der Waals surface area contributed by atoms with Gasteiger partial charge in [0.25, 0.3) is 0 Å². The molecule has 3 rings (SSSR count). The highest BCUT2D eigenvalue weighted by Crippen LogP contribution is 2.33. The number of aromatic amines is 1. The molecule has 6 nitrogen and oxygen atoms in total. The summed E-state index contributed by atoms with van der Waals surface area (Å²) in [6, 6.07) is 8.99. The van der Waals surface area contributed by atoms with E-state index in [2.05, 4.69) is 11.1 Å². The van der Waals surface area contributed by atoms with Crippen molar-refractivity contribution in [1.82, 2.24) is 4.98 Å². The van der Waals surface area contributed by atoms with Crippen molar-refractivity contribution in [1.29, 1.82) is 5.26 Å². The van der Waals surface area contributed by atoms with Gasteiger partial charge in [-0.1, -0.05) is 0 Å². The molecule has 0 saturated heterocycles. The number of aldehydes is 1. The Morgan fingerprint density at radius 3 is 2.96 bits per heavy atom. The fraction of sp³-hybridized carbons (Fsp3) is 0.118. The number of benzene rings is 1. The second-order valence-corrected chi connectivity index (χ2v) is 5.11. The Labute approximate surface area is 131 Å². The highest BCUT2D eigenvalue weighted by molar-refractivity contribution is 5.96. The van der Waals surface area contributed by atoms with Crippen molar-refractivity contribution in [3.8, 4) is 17.2 Å². The van der Waals surface area contributed by atoms with Crippen molar-refractivity contribution >= 4 is 23.2 Å². The van der Waals surface area contributed by atoms with Crippen LogP contribution >= 0.6 is 0 Å². The lowest BCUT2D eigenvalue weighted by atomic mass is 10.0. The first kappa shape index (κ1) is 14.6. The van der Waals surface area contributed by atoms with Crippen LogP contribution in [-0.4, -0.2) is 22.3 Å². The van der Waals surface area contributed by atoms with Gasteiger partial charge < -0.3 is 19.3 Å². The molecule has 1 atom stereocenters. The van der Waals surface area contributed by atoms with E-state index in [4.69, 9.17) is 9.68 Å². The molecule has 0 amide bonds. The number of aliphatic carboxylic acids is 1. The van der Waals surface area contributed by atoms with E-state index >= 15 is 0 Å². The van der Waals surface area contributed by atoms with Crippen LogP contribution in [0.2, 0.25) is 0 Å². The highest BCUT2D eigenvalue weighted by atomic mass is 16.4. The van der Waals surface area contributed by atoms with Gasteiger partial charge in [-0.15, -0.1) is 0 Å². The van der Waals surface area contributed by atoms with Crippen molar-refractivity contribution in [2.75, 3.05) is 0 Å². The lowest BCUT2D eigenvalue weighted by Gasteiger charge is -2.03. The second-order valence-electron chi connectivity index (χ2n) is 5.11. The Bertz CT molecular complexity index is 930. The normalized spacial score (nSPS) is 12.0. The molecule has 0 radical (unpaired) electrons. The number of nitrogens with one attached hydrogen (secondary N) is 1. The van der Waals surface area contributed by atoms with Crippen LogP contribution in [0.3, 0.4) is 0 Å². The van der Waals surface area contributed by atoms with Gasteiger partial charge in [0.15, 0.2) is 0 Å². The van der Waals surface area contributed by atoms with Gasteiger partial charge in [-0.3, -0.25) is 4.79 Å². The smallest absolute Gasteiger partial charge is 0.314 e. The van der Waals surface area contributed by atoms with Crippen LogP contribution in [-0.2, 0) is 9.59 Å². The van der Waals surface area contributed by atoms with Gasteiger partial charge in [0.1, 0.15) is 18.0 Å². The zero-order valence-electron chi connectivity index (χ0n) is 11.9. The van der Waals surface area contributed by atoms with E-state index in [1.807, 2.05) is 6.07 Å². The second kappa shape index (κ2) is 5.81. The molecular formula is C17H12N2O4. The average molecular weight is 308 g/mol. The minimum Gasteiger partial charge on any atom is -0.481 e. The monoisotopic (exact) mass is 308 g/mol. The first-order valence-corrected chi connectivity index (χ1v) is 6.90. The maximum absolute atomic E-state index is 11.2. The minimum absolute atomic E-state index is 0.144. The molecule has 0 bridgehead atoms. The van der Waals surface area contributed by atoms with Gasteiger partial charge in [-0.2, -0.15) is 5.26 Å². The summed E-state index contributed by atoms with van der Waals surface area (Å²) in [6.07, 6.45) is 3.65. The number of nitrogens with zero attached hydrogens (tertiary/aromatic N) is 1. The Balaban J connectivity index is 2.05. The molecule has 2 aromatic heterocycles. The van der Waals surface area contributed by atoms with Crippen molar-refractivity contribution in [3.63, 3.8) is 0 Å². The Morgan fingerprint density at radius 2 is 2.26 bits per heavy atom. The van der Waals surface area contributed by atoms with Gasteiger partial charge in [-0.25, -0.2) is 0 Å². The fourth-order valence-electron chi connectivity index (χ4n) is 2.54. The number of carboxylic acid groups (broad SMARTS) is 1. The molecule has 0 fully saturated rings. The lowest BCUT2D eigenvalue weighted by Crippen LogP contribution is -2.11. The number of aromatic nitrogens is 1. The predicted molar refractivity (Wildman–Crippen MR) is 81.8 cm³/mol. The number of fused-ring (bicyclic) bond motifs is 1. The minimum atomic E-state index is -1.11. The van der Waals surface area contributed by atoms with Crippen molar-refractivity contribution in [2.45, 2.75) is 12.3 Å². The molecule has 2 heterocycles. The van der Waals surface area contributed by atoms with E-state index in [0.29, 0.717) is 17.4 Å². The van der Waals surface area contributed by atoms with Crippen LogP contribution in [0.1, 0.15) is 23.7 Å². The number of H-pyrrole nitrogens is 1. The van der Waals surface area contributed by atoms with Crippen LogP contribution in [0, 0.1) is 11.3 Å². The Hall–Kier alpha value is -3.33. The van der Waals surface area contributed by atoms with E-state index in [-0.39, 0.29) is 12.2 Å². The average Bonchev–Trinajstić information content (AvgIpc) is 3.17. The van der Waals surface area contributed by atoms with Crippen LogP contribution < -0.4 is 0 Å². The number of nitriles is 1.